The van der Waals surface area contributed by atoms with Gasteiger partial charge in [0.25, 0.3) is 0 Å². The van der Waals surface area contributed by atoms with Crippen molar-refractivity contribution in [2.45, 2.75) is 33.5 Å². The molecule has 0 fully saturated rings. The van der Waals surface area contributed by atoms with Gasteiger partial charge in [-0.05, 0) is 80.5 Å². The molecule has 0 aliphatic heterocycles. The van der Waals surface area contributed by atoms with Gasteiger partial charge in [-0.15, -0.1) is 0 Å². The largest absolute Gasteiger partial charge is 0.545 e. The molecule has 0 heterocycles. The minimum atomic E-state index is -1.68. The molecule has 0 spiro atoms. The van der Waals surface area contributed by atoms with E-state index in [2.05, 4.69) is 19.6 Å². The fraction of sp³-hybridized carbons (Fsp3) is 0.200. The summed E-state index contributed by atoms with van der Waals surface area (Å²) in [5, 5.41) is 9.42. The molecule has 0 amide bonds. The van der Waals surface area contributed by atoms with Crippen LogP contribution in [0.2, 0.25) is 19.6 Å². The van der Waals surface area contributed by atoms with Crippen LogP contribution in [0, 0.1) is 5.82 Å². The molecule has 0 radical (unpaired) electrons. The number of halogens is 1. The van der Waals surface area contributed by atoms with E-state index in [0.29, 0.717) is 11.3 Å². The zero-order valence-electron chi connectivity index (χ0n) is 18.0. The maximum Gasteiger partial charge on any atom is 0.241 e. The number of hydrogen-bond acceptors (Lipinski definition) is 3. The predicted octanol–water partition coefficient (Wildman–Crippen LogP) is 7.35. The van der Waals surface area contributed by atoms with Crippen LogP contribution in [0.25, 0.3) is 22.3 Å². The smallest absolute Gasteiger partial charge is 0.241 e. The number of benzene rings is 3. The number of allylic oxidation sites excluding steroid dienone is 2. The number of rotatable bonds is 6. The Bertz CT molecular complexity index is 1050. The van der Waals surface area contributed by atoms with Gasteiger partial charge in [-0.25, -0.2) is 4.39 Å². The van der Waals surface area contributed by atoms with Crippen molar-refractivity contribution in [1.82, 2.24) is 0 Å². The number of ether oxygens (including phenoxy) is 1. The van der Waals surface area contributed by atoms with E-state index in [0.717, 1.165) is 28.2 Å². The van der Waals surface area contributed by atoms with Gasteiger partial charge in [-0.1, -0.05) is 36.4 Å². The summed E-state index contributed by atoms with van der Waals surface area (Å²) in [4.78, 5) is 0. The highest BCUT2D eigenvalue weighted by molar-refractivity contribution is 6.70. The molecular formula is C25H27FO3Si. The minimum absolute atomic E-state index is 0.186. The predicted molar refractivity (Wildman–Crippen MR) is 122 cm³/mol. The van der Waals surface area contributed by atoms with Gasteiger partial charge in [0.1, 0.15) is 28.8 Å². The molecule has 156 valence electrons. The van der Waals surface area contributed by atoms with Crippen LogP contribution >= 0.6 is 0 Å². The molecule has 0 aliphatic carbocycles. The Hall–Kier alpha value is -3.05. The lowest BCUT2D eigenvalue weighted by Gasteiger charge is -2.21. The van der Waals surface area contributed by atoms with Crippen molar-refractivity contribution in [3.8, 4) is 33.8 Å². The first-order valence-electron chi connectivity index (χ1n) is 9.86. The normalized spacial score (nSPS) is 12.3. The van der Waals surface area contributed by atoms with Crippen LogP contribution < -0.4 is 4.74 Å². The second-order valence-corrected chi connectivity index (χ2v) is 12.6. The molecule has 0 aromatic heterocycles. The van der Waals surface area contributed by atoms with E-state index in [9.17, 15) is 9.50 Å². The highest BCUT2D eigenvalue weighted by Gasteiger charge is 2.17. The van der Waals surface area contributed by atoms with Crippen LogP contribution in [0.5, 0.6) is 11.5 Å². The number of phenols is 1. The first-order valence-corrected chi connectivity index (χ1v) is 13.3. The Morgan fingerprint density at radius 1 is 0.767 bits per heavy atom. The molecule has 3 rings (SSSR count). The van der Waals surface area contributed by atoms with Crippen molar-refractivity contribution in [2.75, 3.05) is 0 Å². The lowest BCUT2D eigenvalue weighted by molar-refractivity contribution is 0.347. The summed E-state index contributed by atoms with van der Waals surface area (Å²) >= 11 is 0. The van der Waals surface area contributed by atoms with Crippen LogP contribution in [0.3, 0.4) is 0 Å². The number of phenolic OH excluding ortho intramolecular Hbond substituents is 1. The Morgan fingerprint density at radius 2 is 1.33 bits per heavy atom. The van der Waals surface area contributed by atoms with Gasteiger partial charge in [0.05, 0.1) is 0 Å². The third-order valence-electron chi connectivity index (χ3n) is 4.56. The minimum Gasteiger partial charge on any atom is -0.545 e. The summed E-state index contributed by atoms with van der Waals surface area (Å²) in [5.41, 5.74) is 2.90. The van der Waals surface area contributed by atoms with Crippen LogP contribution in [0.1, 0.15) is 13.8 Å². The molecule has 1 N–H and O–H groups in total. The molecule has 0 bridgehead atoms. The fourth-order valence-electron chi connectivity index (χ4n) is 3.06. The highest BCUT2D eigenvalue weighted by Crippen LogP contribution is 2.30. The molecule has 3 aromatic rings. The molecule has 0 saturated carbocycles. The van der Waals surface area contributed by atoms with E-state index in [4.69, 9.17) is 9.16 Å². The number of aromatic hydroxyl groups is 1. The summed E-state index contributed by atoms with van der Waals surface area (Å²) < 4.78 is 26.6. The van der Waals surface area contributed by atoms with Gasteiger partial charge < -0.3 is 14.3 Å². The van der Waals surface area contributed by atoms with Crippen molar-refractivity contribution in [3.05, 3.63) is 84.1 Å². The maximum absolute atomic E-state index is 14.8. The van der Waals surface area contributed by atoms with E-state index in [1.807, 2.05) is 44.2 Å². The summed E-state index contributed by atoms with van der Waals surface area (Å²) in [7, 11) is -1.68. The average molecular weight is 423 g/mol. The molecule has 30 heavy (non-hydrogen) atoms. The molecule has 5 heteroatoms. The van der Waals surface area contributed by atoms with Gasteiger partial charge in [0.2, 0.25) is 8.32 Å². The van der Waals surface area contributed by atoms with E-state index in [1.54, 1.807) is 30.3 Å². The monoisotopic (exact) mass is 422 g/mol. The standard InChI is InChI=1S/C25H27FO3Si/c1-17(18(2)29-30(3,4)5)28-23-13-8-20(9-14-23)24-15-10-21(16-25(24)26)19-6-11-22(27)12-7-19/h6-16,27H,1-5H3. The molecule has 3 aromatic carbocycles. The van der Waals surface area contributed by atoms with Crippen LogP contribution in [-0.4, -0.2) is 13.4 Å². The zero-order chi connectivity index (χ0) is 21.9. The topological polar surface area (TPSA) is 38.7 Å². The quantitative estimate of drug-likeness (QED) is 0.333. The molecule has 0 aliphatic rings. The van der Waals surface area contributed by atoms with Gasteiger partial charge in [0.15, 0.2) is 0 Å². The van der Waals surface area contributed by atoms with Gasteiger partial charge >= 0.3 is 0 Å². The van der Waals surface area contributed by atoms with Crippen molar-refractivity contribution in [1.29, 1.82) is 0 Å². The molecule has 0 saturated heterocycles. The lowest BCUT2D eigenvalue weighted by Crippen LogP contribution is -2.25. The van der Waals surface area contributed by atoms with Crippen molar-refractivity contribution in [2.24, 2.45) is 0 Å². The van der Waals surface area contributed by atoms with Crippen molar-refractivity contribution in [3.63, 3.8) is 0 Å². The molecule has 0 unspecified atom stereocenters. The first kappa shape index (κ1) is 21.7. The Balaban J connectivity index is 1.78. The fourth-order valence-corrected chi connectivity index (χ4v) is 4.13. The summed E-state index contributed by atoms with van der Waals surface area (Å²) in [6.45, 7) is 10.2. The van der Waals surface area contributed by atoms with Crippen LogP contribution in [0.15, 0.2) is 78.2 Å². The Kier molecular flexibility index (Phi) is 6.32. The van der Waals surface area contributed by atoms with Gasteiger partial charge in [0, 0.05) is 5.56 Å². The average Bonchev–Trinajstić information content (AvgIpc) is 2.68. The Morgan fingerprint density at radius 3 is 1.90 bits per heavy atom. The summed E-state index contributed by atoms with van der Waals surface area (Å²) in [6, 6.07) is 19.2. The van der Waals surface area contributed by atoms with Crippen LogP contribution in [0.4, 0.5) is 4.39 Å². The van der Waals surface area contributed by atoms with E-state index >= 15 is 0 Å². The zero-order valence-corrected chi connectivity index (χ0v) is 19.0. The number of hydrogen-bond donors (Lipinski definition) is 1. The second-order valence-electron chi connectivity index (χ2n) is 8.19. The Labute approximate surface area is 178 Å². The van der Waals surface area contributed by atoms with E-state index < -0.39 is 8.32 Å². The van der Waals surface area contributed by atoms with Crippen molar-refractivity contribution < 1.29 is 18.7 Å². The van der Waals surface area contributed by atoms with Gasteiger partial charge in [-0.3, -0.25) is 0 Å². The van der Waals surface area contributed by atoms with E-state index in [-0.39, 0.29) is 11.6 Å². The molecule has 0 atom stereocenters. The van der Waals surface area contributed by atoms with Gasteiger partial charge in [-0.2, -0.15) is 0 Å². The maximum atomic E-state index is 14.8. The summed E-state index contributed by atoms with van der Waals surface area (Å²) in [6.07, 6.45) is 0. The molecular weight excluding hydrogens is 395 g/mol. The summed E-state index contributed by atoms with van der Waals surface area (Å²) in [5.74, 6) is 2.06. The van der Waals surface area contributed by atoms with Crippen LogP contribution in [-0.2, 0) is 4.43 Å². The van der Waals surface area contributed by atoms with E-state index in [1.165, 1.54) is 6.07 Å². The molecule has 3 nitrogen and oxygen atoms in total. The highest BCUT2D eigenvalue weighted by atomic mass is 28.4. The lowest BCUT2D eigenvalue weighted by atomic mass is 9.99. The third kappa shape index (κ3) is 5.51. The van der Waals surface area contributed by atoms with Crippen molar-refractivity contribution >= 4 is 8.32 Å². The first-order chi connectivity index (χ1) is 14.1. The SMILES string of the molecule is CC(Oc1ccc(-c2ccc(-c3ccc(O)cc3)cc2F)cc1)=C(C)O[Si](C)(C)C. The third-order valence-corrected chi connectivity index (χ3v) is 5.48. The second kappa shape index (κ2) is 8.75.